The average molecular weight is 449 g/mol. The molecule has 0 bridgehead atoms. The van der Waals surface area contributed by atoms with Crippen LogP contribution >= 0.6 is 15.8 Å². The van der Waals surface area contributed by atoms with Crippen LogP contribution in [-0.4, -0.2) is 23.2 Å². The van der Waals surface area contributed by atoms with Crippen LogP contribution in [0.3, 0.4) is 0 Å². The first kappa shape index (κ1) is 20.8. The van der Waals surface area contributed by atoms with Crippen molar-refractivity contribution in [2.24, 2.45) is 0 Å². The van der Waals surface area contributed by atoms with E-state index in [0.29, 0.717) is 22.6 Å². The number of anilines is 1. The van der Waals surface area contributed by atoms with Gasteiger partial charge < -0.3 is 9.88 Å². The zero-order chi connectivity index (χ0) is 21.2. The van der Waals surface area contributed by atoms with Crippen LogP contribution in [0.25, 0.3) is 11.1 Å². The van der Waals surface area contributed by atoms with E-state index in [1.54, 1.807) is 38.1 Å². The molecule has 3 aromatic rings. The highest BCUT2D eigenvalue weighted by Gasteiger charge is 2.58. The van der Waals surface area contributed by atoms with Crippen molar-refractivity contribution < 1.29 is 27.6 Å². The highest BCUT2D eigenvalue weighted by atomic mass is 31.3. The van der Waals surface area contributed by atoms with Gasteiger partial charge in [0.1, 0.15) is 0 Å². The lowest BCUT2D eigenvalue weighted by atomic mass is 10.0. The van der Waals surface area contributed by atoms with Gasteiger partial charge in [-0.05, 0) is 30.4 Å². The maximum Gasteiger partial charge on any atom is 0.474 e. The molecule has 1 aliphatic heterocycles. The average Bonchev–Trinajstić information content (AvgIpc) is 3.18. The molecule has 2 aromatic carbocycles. The summed E-state index contributed by atoms with van der Waals surface area (Å²) in [5.41, 5.74) is 1.38. The molecule has 0 fully saturated rings. The predicted octanol–water partition coefficient (Wildman–Crippen LogP) is 4.57. The Morgan fingerprint density at radius 3 is 2.03 bits per heavy atom. The van der Waals surface area contributed by atoms with Crippen LogP contribution in [0.5, 0.6) is 11.5 Å². The summed E-state index contributed by atoms with van der Waals surface area (Å²) in [4.78, 5) is 21.2. The van der Waals surface area contributed by atoms with Crippen molar-refractivity contribution in [3.05, 3.63) is 60.9 Å². The van der Waals surface area contributed by atoms with Gasteiger partial charge in [0, 0.05) is 23.5 Å². The van der Waals surface area contributed by atoms with Gasteiger partial charge in [0.15, 0.2) is 11.5 Å². The van der Waals surface area contributed by atoms with Gasteiger partial charge in [-0.15, -0.1) is 0 Å². The molecule has 0 radical (unpaired) electrons. The van der Waals surface area contributed by atoms with E-state index >= 15 is 0 Å². The molecule has 1 N–H and O–H groups in total. The lowest BCUT2D eigenvalue weighted by Crippen LogP contribution is -2.37. The number of benzene rings is 2. The number of rotatable bonds is 7. The molecule has 0 saturated heterocycles. The Bertz CT molecular complexity index is 1000. The summed E-state index contributed by atoms with van der Waals surface area (Å²) in [6, 6.07) is 14.2. The fraction of sp³-hybridized carbons (Fsp3) is 0.211. The molecule has 0 saturated carbocycles. The molecule has 158 valence electrons. The summed E-state index contributed by atoms with van der Waals surface area (Å²) in [6.45, 7) is 3.39. The highest BCUT2D eigenvalue weighted by molar-refractivity contribution is 7.77. The van der Waals surface area contributed by atoms with Crippen LogP contribution in [-0.2, 0) is 13.6 Å². The number of nitrogens with zero attached hydrogens (tertiary/aromatic N) is 2. The lowest BCUT2D eigenvalue weighted by Gasteiger charge is -2.36. The monoisotopic (exact) mass is 449 g/mol. The van der Waals surface area contributed by atoms with Crippen molar-refractivity contribution >= 4 is 21.8 Å². The normalized spacial score (nSPS) is 14.6. The van der Waals surface area contributed by atoms with Crippen molar-refractivity contribution in [3.8, 4) is 22.6 Å². The van der Waals surface area contributed by atoms with E-state index in [1.807, 2.05) is 24.3 Å². The van der Waals surface area contributed by atoms with Crippen molar-refractivity contribution in [1.29, 1.82) is 0 Å². The SMILES string of the molecule is CCOP(=O)(OCC)N(c1ncc[nH]1)[P+]1([O-])Oc2ccccc2-c2ccccc2O1. The van der Waals surface area contributed by atoms with Gasteiger partial charge in [-0.1, -0.05) is 36.4 Å². The second-order valence-corrected chi connectivity index (χ2v) is 10.0. The number of aromatic nitrogens is 2. The molecule has 0 atom stereocenters. The van der Waals surface area contributed by atoms with Gasteiger partial charge in [-0.2, -0.15) is 0 Å². The molecule has 2 heterocycles. The Balaban J connectivity index is 1.92. The highest BCUT2D eigenvalue weighted by Crippen LogP contribution is 2.72. The largest absolute Gasteiger partial charge is 0.596 e. The van der Waals surface area contributed by atoms with Gasteiger partial charge in [-0.25, -0.2) is 9.55 Å². The van der Waals surface area contributed by atoms with Crippen LogP contribution in [0, 0.1) is 0 Å². The minimum absolute atomic E-state index is 0.0274. The van der Waals surface area contributed by atoms with Crippen LogP contribution < -0.4 is 18.4 Å². The van der Waals surface area contributed by atoms with Crippen molar-refractivity contribution in [1.82, 2.24) is 9.97 Å². The first-order valence-electron chi connectivity index (χ1n) is 9.38. The van der Waals surface area contributed by atoms with Gasteiger partial charge in [0.05, 0.1) is 13.2 Å². The van der Waals surface area contributed by atoms with E-state index in [1.165, 1.54) is 12.4 Å². The van der Waals surface area contributed by atoms with Gasteiger partial charge in [-0.3, -0.25) is 18.1 Å². The molecule has 1 aromatic heterocycles. The molecule has 0 aliphatic carbocycles. The van der Waals surface area contributed by atoms with Crippen LogP contribution in [0.1, 0.15) is 13.8 Å². The van der Waals surface area contributed by atoms with Gasteiger partial charge in [0.2, 0.25) is 0 Å². The van der Waals surface area contributed by atoms with Crippen molar-refractivity contribution in [2.75, 3.05) is 17.7 Å². The standard InChI is InChI=1S/C19H21N3O6P2/c1-3-25-29(23,26-4-2)22(19-20-13-14-21-19)30(24)27-17-11-7-5-9-15(17)16-10-6-8-12-18(16)28-30/h5-14H,3-4H2,1-2H3,(H,20,21). The second kappa shape index (κ2) is 8.38. The third-order valence-electron chi connectivity index (χ3n) is 4.21. The first-order chi connectivity index (χ1) is 14.5. The molecule has 11 heteroatoms. The zero-order valence-electron chi connectivity index (χ0n) is 16.4. The maximum atomic E-state index is 14.3. The maximum absolute atomic E-state index is 14.3. The van der Waals surface area contributed by atoms with E-state index in [9.17, 15) is 9.46 Å². The Morgan fingerprint density at radius 1 is 1.03 bits per heavy atom. The van der Waals surface area contributed by atoms with Crippen molar-refractivity contribution in [3.63, 3.8) is 0 Å². The minimum atomic E-state index is -4.37. The number of imidazole rings is 1. The summed E-state index contributed by atoms with van der Waals surface area (Å²) in [7, 11) is -8.54. The smallest absolute Gasteiger partial charge is 0.474 e. The predicted molar refractivity (Wildman–Crippen MR) is 112 cm³/mol. The van der Waals surface area contributed by atoms with E-state index in [2.05, 4.69) is 9.97 Å². The molecule has 0 unspecified atom stereocenters. The summed E-state index contributed by atoms with van der Waals surface area (Å²) in [5, 5.41) is 0. The second-order valence-electron chi connectivity index (χ2n) is 6.15. The Morgan fingerprint density at radius 2 is 1.57 bits per heavy atom. The van der Waals surface area contributed by atoms with E-state index in [4.69, 9.17) is 18.1 Å². The molecule has 4 rings (SSSR count). The molecule has 0 spiro atoms. The number of hydrogen-bond acceptors (Lipinski definition) is 7. The first-order valence-corrected chi connectivity index (χ1v) is 12.4. The Hall–Kier alpha value is -2.41. The Kier molecular flexibility index (Phi) is 5.82. The summed E-state index contributed by atoms with van der Waals surface area (Å²) in [6.07, 6.45) is 2.92. The van der Waals surface area contributed by atoms with E-state index < -0.39 is 15.8 Å². The number of fused-ring (bicyclic) bond motifs is 3. The third-order valence-corrected chi connectivity index (χ3v) is 8.86. The minimum Gasteiger partial charge on any atom is -0.596 e. The molecule has 0 amide bonds. The Labute approximate surface area is 174 Å². The zero-order valence-corrected chi connectivity index (χ0v) is 18.2. The summed E-state index contributed by atoms with van der Waals surface area (Å²) < 4.78 is 37.4. The fourth-order valence-electron chi connectivity index (χ4n) is 3.09. The van der Waals surface area contributed by atoms with Crippen LogP contribution in [0.4, 0.5) is 5.95 Å². The molecule has 9 nitrogen and oxygen atoms in total. The topological polar surface area (TPSA) is 109 Å². The summed E-state index contributed by atoms with van der Waals surface area (Å²) >= 11 is 0. The number of nitrogens with one attached hydrogen (secondary N) is 1. The molecular formula is C19H21N3O6P2. The number of para-hydroxylation sites is 2. The van der Waals surface area contributed by atoms with Crippen LogP contribution in [0.2, 0.25) is 0 Å². The molecule has 1 aliphatic rings. The molecular weight excluding hydrogens is 428 g/mol. The van der Waals surface area contributed by atoms with E-state index in [0.717, 1.165) is 4.44 Å². The van der Waals surface area contributed by atoms with Gasteiger partial charge in [0.25, 0.3) is 5.95 Å². The lowest BCUT2D eigenvalue weighted by molar-refractivity contribution is -0.202. The van der Waals surface area contributed by atoms with E-state index in [-0.39, 0.29) is 19.2 Å². The number of aromatic amines is 1. The molecule has 30 heavy (non-hydrogen) atoms. The quantitative estimate of drug-likeness (QED) is 0.523. The van der Waals surface area contributed by atoms with Gasteiger partial charge >= 0.3 is 15.8 Å². The summed E-state index contributed by atoms with van der Waals surface area (Å²) in [5.74, 6) is 0.587. The number of H-pyrrole nitrogens is 1. The number of hydrogen-bond donors (Lipinski definition) is 1. The van der Waals surface area contributed by atoms with Crippen LogP contribution in [0.15, 0.2) is 60.9 Å². The fourth-order valence-corrected chi connectivity index (χ4v) is 7.33. The van der Waals surface area contributed by atoms with Crippen molar-refractivity contribution in [2.45, 2.75) is 13.8 Å². The third kappa shape index (κ3) is 3.71.